The lowest BCUT2D eigenvalue weighted by molar-refractivity contribution is -0.149. The third-order valence-corrected chi connectivity index (χ3v) is 6.55. The lowest BCUT2D eigenvalue weighted by atomic mass is 9.81. The van der Waals surface area contributed by atoms with Crippen LogP contribution in [0, 0.1) is 17.3 Å². The average Bonchev–Trinajstić information content (AvgIpc) is 3.32. The minimum Gasteiger partial charge on any atom is -0.481 e. The van der Waals surface area contributed by atoms with Crippen LogP contribution in [0.4, 0.5) is 10.5 Å². The van der Waals surface area contributed by atoms with Crippen molar-refractivity contribution in [3.63, 3.8) is 0 Å². The number of amides is 3. The molecule has 3 amide bonds. The number of nitrogens with one attached hydrogen (secondary N) is 2. The second-order valence-corrected chi connectivity index (χ2v) is 8.49. The van der Waals surface area contributed by atoms with Gasteiger partial charge in [0.05, 0.1) is 11.5 Å². The van der Waals surface area contributed by atoms with Crippen molar-refractivity contribution in [3.8, 4) is 0 Å². The highest BCUT2D eigenvalue weighted by molar-refractivity contribution is 5.94. The number of anilines is 1. The van der Waals surface area contributed by atoms with Crippen LogP contribution in [0.2, 0.25) is 0 Å². The van der Waals surface area contributed by atoms with E-state index >= 15 is 0 Å². The molecule has 3 aliphatic rings. The number of hydrogen-bond acceptors (Lipinski definition) is 3. The molecule has 4 rings (SSSR count). The van der Waals surface area contributed by atoms with Crippen molar-refractivity contribution in [1.82, 2.24) is 10.2 Å². The molecule has 1 heterocycles. The first-order valence-corrected chi connectivity index (χ1v) is 10.1. The molecule has 1 unspecified atom stereocenters. The van der Waals surface area contributed by atoms with Crippen LogP contribution >= 0.6 is 0 Å². The maximum absolute atomic E-state index is 12.7. The largest absolute Gasteiger partial charge is 0.481 e. The molecule has 0 spiro atoms. The van der Waals surface area contributed by atoms with Crippen molar-refractivity contribution in [3.05, 3.63) is 29.8 Å². The van der Waals surface area contributed by atoms with Crippen molar-refractivity contribution in [2.45, 2.75) is 45.1 Å². The summed E-state index contributed by atoms with van der Waals surface area (Å²) in [5, 5.41) is 15.6. The van der Waals surface area contributed by atoms with Crippen molar-refractivity contribution in [2.75, 3.05) is 18.4 Å². The van der Waals surface area contributed by atoms with E-state index in [1.807, 2.05) is 31.2 Å². The second kappa shape index (κ2) is 7.11. The van der Waals surface area contributed by atoms with Crippen LogP contribution in [0.25, 0.3) is 0 Å². The highest BCUT2D eigenvalue weighted by Crippen LogP contribution is 2.48. The van der Waals surface area contributed by atoms with Gasteiger partial charge in [0.25, 0.3) is 0 Å². The molecule has 1 aromatic rings. The number of hydrogen-bond donors (Lipinski definition) is 3. The fourth-order valence-corrected chi connectivity index (χ4v) is 4.60. The first-order valence-electron chi connectivity index (χ1n) is 10.1. The zero-order valence-electron chi connectivity index (χ0n) is 16.1. The molecular weight excluding hydrogens is 358 g/mol. The van der Waals surface area contributed by atoms with Gasteiger partial charge in [-0.3, -0.25) is 9.59 Å². The van der Waals surface area contributed by atoms with Crippen molar-refractivity contribution in [1.29, 1.82) is 0 Å². The van der Waals surface area contributed by atoms with Gasteiger partial charge in [-0.25, -0.2) is 4.79 Å². The summed E-state index contributed by atoms with van der Waals surface area (Å²) in [7, 11) is 0. The molecule has 1 saturated heterocycles. The summed E-state index contributed by atoms with van der Waals surface area (Å²) in [5.74, 6) is -0.490. The SMILES string of the molecule is CC(NC(=O)N1C[C@@H]2CCC[C@@]2(C(=O)O)C1)c1ccc(NC(=O)C2CC2)cc1. The van der Waals surface area contributed by atoms with Gasteiger partial charge in [-0.2, -0.15) is 0 Å². The molecule has 150 valence electrons. The van der Waals surface area contributed by atoms with Crippen molar-refractivity contribution < 1.29 is 19.5 Å². The zero-order valence-corrected chi connectivity index (χ0v) is 16.1. The third kappa shape index (κ3) is 3.45. The van der Waals surface area contributed by atoms with Gasteiger partial charge in [0.15, 0.2) is 0 Å². The number of urea groups is 1. The number of benzene rings is 1. The Morgan fingerprint density at radius 3 is 2.50 bits per heavy atom. The molecule has 0 aromatic heterocycles. The van der Waals surface area contributed by atoms with Crippen LogP contribution in [-0.4, -0.2) is 41.0 Å². The van der Waals surface area contributed by atoms with Gasteiger partial charge in [0.1, 0.15) is 0 Å². The number of carboxylic acid groups (broad SMARTS) is 1. The molecule has 28 heavy (non-hydrogen) atoms. The van der Waals surface area contributed by atoms with E-state index in [-0.39, 0.29) is 36.4 Å². The molecule has 3 N–H and O–H groups in total. The van der Waals surface area contributed by atoms with E-state index in [0.29, 0.717) is 13.0 Å². The fourth-order valence-electron chi connectivity index (χ4n) is 4.60. The van der Waals surface area contributed by atoms with Crippen LogP contribution < -0.4 is 10.6 Å². The van der Waals surface area contributed by atoms with Crippen LogP contribution in [-0.2, 0) is 9.59 Å². The average molecular weight is 385 g/mol. The van der Waals surface area contributed by atoms with Crippen molar-refractivity contribution >= 4 is 23.6 Å². The number of likely N-dealkylation sites (tertiary alicyclic amines) is 1. The smallest absolute Gasteiger partial charge is 0.317 e. The standard InChI is InChI=1S/C21H27N3O4/c1-13(14-6-8-17(9-7-14)23-18(25)15-4-5-15)22-20(28)24-11-16-3-2-10-21(16,12-24)19(26)27/h6-9,13,15-16H,2-5,10-12H2,1H3,(H,22,28)(H,23,25)(H,26,27)/t13?,16-,21+/m0/s1. The van der Waals surface area contributed by atoms with E-state index < -0.39 is 11.4 Å². The van der Waals surface area contributed by atoms with E-state index in [4.69, 9.17) is 0 Å². The highest BCUT2D eigenvalue weighted by Gasteiger charge is 2.55. The van der Waals surface area contributed by atoms with E-state index in [9.17, 15) is 19.5 Å². The maximum Gasteiger partial charge on any atom is 0.317 e. The fraction of sp³-hybridized carbons (Fsp3) is 0.571. The van der Waals surface area contributed by atoms with E-state index in [1.54, 1.807) is 4.90 Å². The molecule has 2 saturated carbocycles. The molecule has 1 aromatic carbocycles. The maximum atomic E-state index is 12.7. The number of rotatable bonds is 5. The van der Waals surface area contributed by atoms with Gasteiger partial charge in [-0.15, -0.1) is 0 Å². The Morgan fingerprint density at radius 2 is 1.89 bits per heavy atom. The van der Waals surface area contributed by atoms with Gasteiger partial charge in [0.2, 0.25) is 5.91 Å². The summed E-state index contributed by atoms with van der Waals surface area (Å²) < 4.78 is 0. The van der Waals surface area contributed by atoms with E-state index in [0.717, 1.165) is 36.9 Å². The summed E-state index contributed by atoms with van der Waals surface area (Å²) in [5.41, 5.74) is 0.933. The molecule has 0 radical (unpaired) electrons. The Morgan fingerprint density at radius 1 is 1.18 bits per heavy atom. The van der Waals surface area contributed by atoms with Gasteiger partial charge in [-0.05, 0) is 56.2 Å². The molecule has 1 aliphatic heterocycles. The summed E-state index contributed by atoms with van der Waals surface area (Å²) >= 11 is 0. The Bertz CT molecular complexity index is 789. The quantitative estimate of drug-likeness (QED) is 0.726. The monoisotopic (exact) mass is 385 g/mol. The predicted molar refractivity (Wildman–Crippen MR) is 104 cm³/mol. The summed E-state index contributed by atoms with van der Waals surface area (Å²) in [4.78, 5) is 37.9. The van der Waals surface area contributed by atoms with Gasteiger partial charge < -0.3 is 20.6 Å². The lowest BCUT2D eigenvalue weighted by Gasteiger charge is -2.24. The van der Waals surface area contributed by atoms with Crippen LogP contribution in [0.1, 0.15) is 50.6 Å². The van der Waals surface area contributed by atoms with Crippen LogP contribution in [0.5, 0.6) is 0 Å². The van der Waals surface area contributed by atoms with Gasteiger partial charge in [0, 0.05) is 24.7 Å². The number of carbonyl (C=O) groups is 3. The van der Waals surface area contributed by atoms with E-state index in [1.165, 1.54) is 0 Å². The number of carboxylic acids is 1. The summed E-state index contributed by atoms with van der Waals surface area (Å²) in [6, 6.07) is 7.06. The number of aliphatic carboxylic acids is 1. The normalized spacial score (nSPS) is 27.2. The third-order valence-electron chi connectivity index (χ3n) is 6.55. The second-order valence-electron chi connectivity index (χ2n) is 8.49. The Balaban J connectivity index is 1.34. The Kier molecular flexibility index (Phi) is 4.77. The molecule has 0 bridgehead atoms. The van der Waals surface area contributed by atoms with Gasteiger partial charge in [-0.1, -0.05) is 18.6 Å². The summed E-state index contributed by atoms with van der Waals surface area (Å²) in [6.45, 7) is 2.70. The molecule has 2 aliphatic carbocycles. The molecule has 3 fully saturated rings. The highest BCUT2D eigenvalue weighted by atomic mass is 16.4. The first kappa shape index (κ1) is 18.8. The number of fused-ring (bicyclic) bond motifs is 1. The number of carbonyl (C=O) groups excluding carboxylic acids is 2. The Labute approximate surface area is 164 Å². The molecular formula is C21H27N3O4. The molecule has 3 atom stereocenters. The lowest BCUT2D eigenvalue weighted by Crippen LogP contribution is -2.42. The van der Waals surface area contributed by atoms with Crippen LogP contribution in [0.3, 0.4) is 0 Å². The number of nitrogens with zero attached hydrogens (tertiary/aromatic N) is 1. The first-order chi connectivity index (χ1) is 13.4. The molecule has 7 nitrogen and oxygen atoms in total. The minimum absolute atomic E-state index is 0.0559. The zero-order chi connectivity index (χ0) is 19.9. The van der Waals surface area contributed by atoms with Crippen molar-refractivity contribution in [2.24, 2.45) is 17.3 Å². The van der Waals surface area contributed by atoms with Gasteiger partial charge >= 0.3 is 12.0 Å². The van der Waals surface area contributed by atoms with E-state index in [2.05, 4.69) is 10.6 Å². The summed E-state index contributed by atoms with van der Waals surface area (Å²) in [6.07, 6.45) is 4.38. The Hall–Kier alpha value is -2.57. The topological polar surface area (TPSA) is 98.7 Å². The predicted octanol–water partition coefficient (Wildman–Crippen LogP) is 2.99. The molecule has 7 heteroatoms. The van der Waals surface area contributed by atoms with Crippen LogP contribution in [0.15, 0.2) is 24.3 Å². The minimum atomic E-state index is -0.776.